The first-order valence-electron chi connectivity index (χ1n) is 6.46. The van der Waals surface area contributed by atoms with Crippen molar-refractivity contribution >= 4 is 12.0 Å². The summed E-state index contributed by atoms with van der Waals surface area (Å²) in [4.78, 5) is 22.0. The lowest BCUT2D eigenvalue weighted by Gasteiger charge is -2.15. The van der Waals surface area contributed by atoms with Gasteiger partial charge in [0.2, 0.25) is 0 Å². The summed E-state index contributed by atoms with van der Waals surface area (Å²) in [5, 5.41) is 14.0. The summed E-state index contributed by atoms with van der Waals surface area (Å²) >= 11 is 0. The van der Waals surface area contributed by atoms with Gasteiger partial charge in [-0.15, -0.1) is 0 Å². The molecule has 110 valence electrons. The maximum Gasteiger partial charge on any atom is 0.314 e. The number of hydrogen-bond acceptors (Lipinski definition) is 4. The van der Waals surface area contributed by atoms with Gasteiger partial charge in [-0.25, -0.2) is 4.79 Å². The molecule has 1 heterocycles. The molecular weight excluding hydrogens is 252 g/mol. The summed E-state index contributed by atoms with van der Waals surface area (Å²) in [5.41, 5.74) is 0. The monoisotopic (exact) mass is 274 g/mol. The van der Waals surface area contributed by atoms with E-state index < -0.39 is 12.1 Å². The summed E-state index contributed by atoms with van der Waals surface area (Å²) in [7, 11) is 1.42. The van der Waals surface area contributed by atoms with Crippen LogP contribution in [0.15, 0.2) is 0 Å². The number of urea groups is 1. The van der Waals surface area contributed by atoms with E-state index in [9.17, 15) is 9.59 Å². The Morgan fingerprint density at radius 3 is 2.84 bits per heavy atom. The third-order valence-electron chi connectivity index (χ3n) is 3.09. The maximum absolute atomic E-state index is 11.5. The van der Waals surface area contributed by atoms with Crippen molar-refractivity contribution in [3.8, 4) is 0 Å². The number of methoxy groups -OCH3 is 1. The number of carbonyl (C=O) groups is 2. The summed E-state index contributed by atoms with van der Waals surface area (Å²) in [6.07, 6.45) is 1.31. The van der Waals surface area contributed by atoms with Gasteiger partial charge in [0.15, 0.2) is 0 Å². The van der Waals surface area contributed by atoms with Crippen molar-refractivity contribution in [2.75, 3.05) is 33.4 Å². The zero-order valence-corrected chi connectivity index (χ0v) is 11.2. The Kier molecular flexibility index (Phi) is 7.20. The molecule has 0 bridgehead atoms. The lowest BCUT2D eigenvalue weighted by molar-refractivity contribution is -0.139. The minimum absolute atomic E-state index is 0.129. The fourth-order valence-electron chi connectivity index (χ4n) is 1.90. The van der Waals surface area contributed by atoms with Crippen molar-refractivity contribution in [2.24, 2.45) is 5.92 Å². The van der Waals surface area contributed by atoms with Crippen LogP contribution in [0.5, 0.6) is 0 Å². The van der Waals surface area contributed by atoms with E-state index in [0.717, 1.165) is 26.1 Å². The van der Waals surface area contributed by atoms with Gasteiger partial charge >= 0.3 is 12.0 Å². The first kappa shape index (κ1) is 15.7. The Balaban J connectivity index is 2.07. The molecule has 0 spiro atoms. The van der Waals surface area contributed by atoms with Gasteiger partial charge in [0.1, 0.15) is 0 Å². The van der Waals surface area contributed by atoms with Crippen LogP contribution in [-0.2, 0) is 14.3 Å². The van der Waals surface area contributed by atoms with Gasteiger partial charge in [0.25, 0.3) is 0 Å². The standard InChI is InChI=1S/C12H22N2O5/c1-18-10(6-11(15)16)7-14-12(17)13-4-2-9-3-5-19-8-9/h9-10H,2-8H2,1H3,(H,15,16)(H2,13,14,17). The number of carboxylic acids is 1. The lowest BCUT2D eigenvalue weighted by Crippen LogP contribution is -2.41. The molecule has 0 saturated carbocycles. The summed E-state index contributed by atoms with van der Waals surface area (Å²) in [5.74, 6) is -0.422. The Bertz CT molecular complexity index is 292. The third-order valence-corrected chi connectivity index (χ3v) is 3.09. The van der Waals surface area contributed by atoms with E-state index in [1.54, 1.807) is 0 Å². The zero-order chi connectivity index (χ0) is 14.1. The van der Waals surface area contributed by atoms with Gasteiger partial charge in [-0.1, -0.05) is 0 Å². The van der Waals surface area contributed by atoms with E-state index in [2.05, 4.69) is 10.6 Å². The van der Waals surface area contributed by atoms with E-state index >= 15 is 0 Å². The predicted molar refractivity (Wildman–Crippen MR) is 68.0 cm³/mol. The molecular formula is C12H22N2O5. The minimum atomic E-state index is -0.949. The largest absolute Gasteiger partial charge is 0.481 e. The Morgan fingerprint density at radius 2 is 2.26 bits per heavy atom. The lowest BCUT2D eigenvalue weighted by atomic mass is 10.1. The normalized spacial score (nSPS) is 19.9. The molecule has 7 heteroatoms. The van der Waals surface area contributed by atoms with Gasteiger partial charge in [-0.05, 0) is 18.8 Å². The smallest absolute Gasteiger partial charge is 0.314 e. The van der Waals surface area contributed by atoms with Crippen LogP contribution < -0.4 is 10.6 Å². The van der Waals surface area contributed by atoms with E-state index in [1.807, 2.05) is 0 Å². The molecule has 7 nitrogen and oxygen atoms in total. The van der Waals surface area contributed by atoms with Gasteiger partial charge in [0.05, 0.1) is 12.5 Å². The average Bonchev–Trinajstić information content (AvgIpc) is 2.87. The van der Waals surface area contributed by atoms with E-state index in [0.29, 0.717) is 12.5 Å². The molecule has 0 aromatic rings. The first-order chi connectivity index (χ1) is 9.11. The highest BCUT2D eigenvalue weighted by Crippen LogP contribution is 2.14. The average molecular weight is 274 g/mol. The zero-order valence-electron chi connectivity index (χ0n) is 11.2. The number of nitrogens with one attached hydrogen (secondary N) is 2. The van der Waals surface area contributed by atoms with Crippen LogP contribution >= 0.6 is 0 Å². The molecule has 1 rings (SSSR count). The summed E-state index contributed by atoms with van der Waals surface area (Å²) in [6.45, 7) is 2.35. The van der Waals surface area contributed by atoms with Gasteiger partial charge < -0.3 is 25.2 Å². The second-order valence-electron chi connectivity index (χ2n) is 4.61. The molecule has 1 aliphatic rings. The fraction of sp³-hybridized carbons (Fsp3) is 0.833. The van der Waals surface area contributed by atoms with Gasteiger partial charge in [-0.2, -0.15) is 0 Å². The van der Waals surface area contributed by atoms with Crippen molar-refractivity contribution < 1.29 is 24.2 Å². The van der Waals surface area contributed by atoms with E-state index in [4.69, 9.17) is 14.6 Å². The van der Waals surface area contributed by atoms with Crippen molar-refractivity contribution in [1.29, 1.82) is 0 Å². The van der Waals surface area contributed by atoms with Crippen molar-refractivity contribution in [2.45, 2.75) is 25.4 Å². The number of amides is 2. The van der Waals surface area contributed by atoms with Crippen LogP contribution in [0.3, 0.4) is 0 Å². The highest BCUT2D eigenvalue weighted by atomic mass is 16.5. The minimum Gasteiger partial charge on any atom is -0.481 e. The van der Waals surface area contributed by atoms with Crippen LogP contribution in [-0.4, -0.2) is 56.6 Å². The molecule has 0 aromatic carbocycles. The van der Waals surface area contributed by atoms with Crippen LogP contribution in [0.25, 0.3) is 0 Å². The quantitative estimate of drug-likeness (QED) is 0.587. The summed E-state index contributed by atoms with van der Waals surface area (Å²) < 4.78 is 10.2. The van der Waals surface area contributed by atoms with E-state index in [1.165, 1.54) is 7.11 Å². The van der Waals surface area contributed by atoms with Crippen LogP contribution in [0, 0.1) is 5.92 Å². The molecule has 0 aliphatic carbocycles. The number of carbonyl (C=O) groups excluding carboxylic acids is 1. The molecule has 2 amide bonds. The number of carboxylic acid groups (broad SMARTS) is 1. The second-order valence-corrected chi connectivity index (χ2v) is 4.61. The van der Waals surface area contributed by atoms with Crippen molar-refractivity contribution in [3.05, 3.63) is 0 Å². The van der Waals surface area contributed by atoms with E-state index in [-0.39, 0.29) is 19.0 Å². The SMILES string of the molecule is COC(CNC(=O)NCCC1CCOC1)CC(=O)O. The number of ether oxygens (including phenoxy) is 2. The second kappa shape index (κ2) is 8.71. The molecule has 1 aliphatic heterocycles. The van der Waals surface area contributed by atoms with Crippen molar-refractivity contribution in [3.63, 3.8) is 0 Å². The molecule has 1 saturated heterocycles. The highest BCUT2D eigenvalue weighted by Gasteiger charge is 2.16. The Morgan fingerprint density at radius 1 is 1.47 bits per heavy atom. The topological polar surface area (TPSA) is 96.9 Å². The van der Waals surface area contributed by atoms with Crippen LogP contribution in [0.2, 0.25) is 0 Å². The van der Waals surface area contributed by atoms with Crippen molar-refractivity contribution in [1.82, 2.24) is 10.6 Å². The number of hydrogen-bond donors (Lipinski definition) is 3. The molecule has 2 atom stereocenters. The van der Waals surface area contributed by atoms with Gasteiger partial charge in [-0.3, -0.25) is 4.79 Å². The van der Waals surface area contributed by atoms with Crippen LogP contribution in [0.4, 0.5) is 4.79 Å². The highest BCUT2D eigenvalue weighted by molar-refractivity contribution is 5.74. The first-order valence-corrected chi connectivity index (χ1v) is 6.46. The molecule has 1 fully saturated rings. The fourth-order valence-corrected chi connectivity index (χ4v) is 1.90. The molecule has 0 radical (unpaired) electrons. The number of aliphatic carboxylic acids is 1. The molecule has 0 aromatic heterocycles. The summed E-state index contributed by atoms with van der Waals surface area (Å²) in [6, 6.07) is -0.300. The van der Waals surface area contributed by atoms with Gasteiger partial charge in [0, 0.05) is 33.4 Å². The Hall–Kier alpha value is -1.34. The maximum atomic E-state index is 11.5. The Labute approximate surface area is 112 Å². The predicted octanol–water partition coefficient (Wildman–Crippen LogP) is 0.202. The molecule has 3 N–H and O–H groups in total. The third kappa shape index (κ3) is 6.97. The number of rotatable bonds is 8. The molecule has 19 heavy (non-hydrogen) atoms. The molecule has 2 unspecified atom stereocenters. The van der Waals surface area contributed by atoms with Crippen LogP contribution in [0.1, 0.15) is 19.3 Å².